The summed E-state index contributed by atoms with van der Waals surface area (Å²) in [4.78, 5) is 11.8. The van der Waals surface area contributed by atoms with Crippen LogP contribution in [-0.4, -0.2) is 33.4 Å². The highest BCUT2D eigenvalue weighted by Crippen LogP contribution is 2.15. The van der Waals surface area contributed by atoms with Crippen molar-refractivity contribution >= 4 is 11.6 Å². The number of anilines is 1. The van der Waals surface area contributed by atoms with Crippen LogP contribution in [0.4, 0.5) is 5.69 Å². The first-order chi connectivity index (χ1) is 7.52. The maximum absolute atomic E-state index is 11.8. The van der Waals surface area contributed by atoms with Gasteiger partial charge in [-0.1, -0.05) is 6.92 Å². The van der Waals surface area contributed by atoms with Crippen molar-refractivity contribution in [3.8, 4) is 0 Å². The van der Waals surface area contributed by atoms with Gasteiger partial charge in [0.1, 0.15) is 5.69 Å². The van der Waals surface area contributed by atoms with Crippen molar-refractivity contribution in [3.63, 3.8) is 0 Å². The number of aliphatic hydroxyl groups is 1. The van der Waals surface area contributed by atoms with Crippen LogP contribution in [0, 0.1) is 0 Å². The number of nitrogens with one attached hydrogen (secondary N) is 2. The Balaban J connectivity index is 2.73. The predicted octanol–water partition coefficient (Wildman–Crippen LogP) is 0.273. The van der Waals surface area contributed by atoms with E-state index in [4.69, 9.17) is 10.8 Å². The lowest BCUT2D eigenvalue weighted by molar-refractivity contribution is 0.0882. The summed E-state index contributed by atoms with van der Waals surface area (Å²) < 4.78 is 0. The molecule has 0 bridgehead atoms. The van der Waals surface area contributed by atoms with E-state index in [0.717, 1.165) is 6.42 Å². The fourth-order valence-electron chi connectivity index (χ4n) is 1.39. The molecule has 90 valence electrons. The van der Waals surface area contributed by atoms with E-state index in [1.807, 2.05) is 13.8 Å². The summed E-state index contributed by atoms with van der Waals surface area (Å²) in [6, 6.07) is 0. The smallest absolute Gasteiger partial charge is 0.271 e. The molecule has 1 heterocycles. The van der Waals surface area contributed by atoms with Crippen LogP contribution >= 0.6 is 0 Å². The Morgan fingerprint density at radius 2 is 2.44 bits per heavy atom. The minimum Gasteiger partial charge on any atom is -0.396 e. The van der Waals surface area contributed by atoms with E-state index in [9.17, 15) is 4.79 Å². The second-order valence-electron chi connectivity index (χ2n) is 4.04. The third-order valence-electron chi connectivity index (χ3n) is 2.75. The minimum atomic E-state index is -0.427. The summed E-state index contributed by atoms with van der Waals surface area (Å²) in [5, 5.41) is 18.0. The van der Waals surface area contributed by atoms with Gasteiger partial charge >= 0.3 is 0 Å². The average molecular weight is 226 g/mol. The van der Waals surface area contributed by atoms with Crippen molar-refractivity contribution in [1.82, 2.24) is 15.5 Å². The molecule has 0 aliphatic heterocycles. The zero-order valence-electron chi connectivity index (χ0n) is 9.58. The molecule has 0 fully saturated rings. The first-order valence-corrected chi connectivity index (χ1v) is 5.24. The molecule has 0 saturated carbocycles. The van der Waals surface area contributed by atoms with E-state index < -0.39 is 5.54 Å². The number of carbonyl (C=O) groups excluding carboxylic acids is 1. The molecule has 5 N–H and O–H groups in total. The Bertz CT molecular complexity index is 363. The van der Waals surface area contributed by atoms with Gasteiger partial charge in [0, 0.05) is 12.1 Å². The fourth-order valence-corrected chi connectivity index (χ4v) is 1.39. The van der Waals surface area contributed by atoms with Crippen LogP contribution in [0.1, 0.15) is 37.2 Å². The minimum absolute atomic E-state index is 0.0308. The van der Waals surface area contributed by atoms with Gasteiger partial charge < -0.3 is 16.2 Å². The molecule has 1 aromatic rings. The number of hydrogen-bond donors (Lipinski definition) is 4. The van der Waals surface area contributed by atoms with Gasteiger partial charge in [-0.2, -0.15) is 5.10 Å². The summed E-state index contributed by atoms with van der Waals surface area (Å²) in [6.45, 7) is 3.86. The second kappa shape index (κ2) is 4.98. The molecule has 0 aliphatic rings. The van der Waals surface area contributed by atoms with Crippen molar-refractivity contribution in [2.45, 2.75) is 32.2 Å². The monoisotopic (exact) mass is 226 g/mol. The van der Waals surface area contributed by atoms with E-state index in [2.05, 4.69) is 15.5 Å². The van der Waals surface area contributed by atoms with E-state index in [1.165, 1.54) is 6.20 Å². The van der Waals surface area contributed by atoms with Crippen molar-refractivity contribution < 1.29 is 9.90 Å². The molecule has 0 aliphatic carbocycles. The number of nitrogen functional groups attached to an aromatic ring is 1. The van der Waals surface area contributed by atoms with Crippen LogP contribution in [0.25, 0.3) is 0 Å². The average Bonchev–Trinajstić information content (AvgIpc) is 2.65. The second-order valence-corrected chi connectivity index (χ2v) is 4.04. The van der Waals surface area contributed by atoms with Gasteiger partial charge in [-0.25, -0.2) is 0 Å². The van der Waals surface area contributed by atoms with Gasteiger partial charge in [0.05, 0.1) is 11.9 Å². The molecule has 0 radical (unpaired) electrons. The Morgan fingerprint density at radius 1 is 1.75 bits per heavy atom. The maximum Gasteiger partial charge on any atom is 0.271 e. The van der Waals surface area contributed by atoms with Crippen LogP contribution in [0.5, 0.6) is 0 Å². The normalized spacial score (nSPS) is 14.4. The third kappa shape index (κ3) is 2.73. The lowest BCUT2D eigenvalue weighted by Gasteiger charge is -2.28. The zero-order valence-corrected chi connectivity index (χ0v) is 9.58. The van der Waals surface area contributed by atoms with Crippen LogP contribution in [0.2, 0.25) is 0 Å². The highest BCUT2D eigenvalue weighted by Gasteiger charge is 2.25. The number of rotatable bonds is 5. The van der Waals surface area contributed by atoms with E-state index in [-0.39, 0.29) is 18.2 Å². The van der Waals surface area contributed by atoms with Crippen LogP contribution in [0.15, 0.2) is 6.20 Å². The van der Waals surface area contributed by atoms with Crippen molar-refractivity contribution in [3.05, 3.63) is 11.9 Å². The molecule has 1 atom stereocenters. The number of aromatic amines is 1. The molecule has 6 nitrogen and oxygen atoms in total. The summed E-state index contributed by atoms with van der Waals surface area (Å²) in [5.74, 6) is -0.298. The molecular weight excluding hydrogens is 208 g/mol. The summed E-state index contributed by atoms with van der Waals surface area (Å²) in [5.41, 5.74) is 5.73. The lowest BCUT2D eigenvalue weighted by Crippen LogP contribution is -2.46. The number of hydrogen-bond acceptors (Lipinski definition) is 4. The third-order valence-corrected chi connectivity index (χ3v) is 2.75. The standard InChI is InChI=1S/C10H18N4O2/c1-3-10(2,4-5-15)13-9(16)8-7(11)6-12-14-8/h6,15H,3-5,11H2,1-2H3,(H,12,14)(H,13,16). The number of aromatic nitrogens is 2. The van der Waals surface area contributed by atoms with Crippen LogP contribution in [0.3, 0.4) is 0 Å². The highest BCUT2D eigenvalue weighted by molar-refractivity contribution is 5.97. The summed E-state index contributed by atoms with van der Waals surface area (Å²) in [7, 11) is 0. The SMILES string of the molecule is CCC(C)(CCO)NC(=O)c1[nH]ncc1N. The van der Waals surface area contributed by atoms with Gasteiger partial charge in [0.2, 0.25) is 0 Å². The Morgan fingerprint density at radius 3 is 2.88 bits per heavy atom. The summed E-state index contributed by atoms with van der Waals surface area (Å²) >= 11 is 0. The quantitative estimate of drug-likeness (QED) is 0.578. The molecule has 1 unspecified atom stereocenters. The first kappa shape index (κ1) is 12.5. The van der Waals surface area contributed by atoms with Gasteiger partial charge in [-0.05, 0) is 19.8 Å². The van der Waals surface area contributed by atoms with Gasteiger partial charge in [-0.15, -0.1) is 0 Å². The van der Waals surface area contributed by atoms with Gasteiger partial charge in [-0.3, -0.25) is 9.89 Å². The van der Waals surface area contributed by atoms with Gasteiger partial charge in [0.25, 0.3) is 5.91 Å². The molecule has 0 spiro atoms. The number of nitrogens with zero attached hydrogens (tertiary/aromatic N) is 1. The molecule has 0 aromatic carbocycles. The Labute approximate surface area is 94.2 Å². The largest absolute Gasteiger partial charge is 0.396 e. The molecule has 1 amide bonds. The van der Waals surface area contributed by atoms with E-state index in [1.54, 1.807) is 0 Å². The van der Waals surface area contributed by atoms with Crippen LogP contribution < -0.4 is 11.1 Å². The number of H-pyrrole nitrogens is 1. The molecule has 6 heteroatoms. The van der Waals surface area contributed by atoms with Crippen LogP contribution in [-0.2, 0) is 0 Å². The molecule has 1 rings (SSSR count). The Kier molecular flexibility index (Phi) is 3.89. The molecule has 1 aromatic heterocycles. The highest BCUT2D eigenvalue weighted by atomic mass is 16.3. The number of nitrogens with two attached hydrogens (primary N) is 1. The van der Waals surface area contributed by atoms with E-state index in [0.29, 0.717) is 12.1 Å². The zero-order chi connectivity index (χ0) is 12.2. The molecule has 0 saturated heterocycles. The number of carbonyl (C=O) groups is 1. The molecular formula is C10H18N4O2. The van der Waals surface area contributed by atoms with Crippen molar-refractivity contribution in [2.24, 2.45) is 0 Å². The predicted molar refractivity (Wildman–Crippen MR) is 60.9 cm³/mol. The first-order valence-electron chi connectivity index (χ1n) is 5.24. The van der Waals surface area contributed by atoms with E-state index >= 15 is 0 Å². The van der Waals surface area contributed by atoms with Crippen molar-refractivity contribution in [1.29, 1.82) is 0 Å². The topological polar surface area (TPSA) is 104 Å². The summed E-state index contributed by atoms with van der Waals surface area (Å²) in [6.07, 6.45) is 2.63. The van der Waals surface area contributed by atoms with Crippen molar-refractivity contribution in [2.75, 3.05) is 12.3 Å². The van der Waals surface area contributed by atoms with Gasteiger partial charge in [0.15, 0.2) is 0 Å². The fraction of sp³-hybridized carbons (Fsp3) is 0.600. The lowest BCUT2D eigenvalue weighted by atomic mass is 9.94. The number of amides is 1. The number of aliphatic hydroxyl groups excluding tert-OH is 1. The molecule has 16 heavy (non-hydrogen) atoms. The maximum atomic E-state index is 11.8. The Hall–Kier alpha value is -1.56.